The molecule has 1 heterocycles. The normalized spacial score (nSPS) is 41.3. The van der Waals surface area contributed by atoms with Gasteiger partial charge in [0.1, 0.15) is 18.3 Å². The number of carbonyl (C=O) groups is 1. The van der Waals surface area contributed by atoms with Crippen molar-refractivity contribution >= 4 is 5.91 Å². The summed E-state index contributed by atoms with van der Waals surface area (Å²) < 4.78 is 5.26. The summed E-state index contributed by atoms with van der Waals surface area (Å²) >= 11 is 0. The summed E-state index contributed by atoms with van der Waals surface area (Å²) in [5.41, 5.74) is 0. The highest BCUT2D eigenvalue weighted by atomic mass is 16.5. The molecule has 0 aromatic heterocycles. The van der Waals surface area contributed by atoms with Gasteiger partial charge >= 0.3 is 0 Å². The molecule has 1 fully saturated rings. The van der Waals surface area contributed by atoms with E-state index in [1.54, 1.807) is 6.92 Å². The monoisotopic (exact) mass is 219 g/mol. The van der Waals surface area contributed by atoms with Crippen LogP contribution in [0.2, 0.25) is 0 Å². The van der Waals surface area contributed by atoms with Crippen molar-refractivity contribution in [1.82, 2.24) is 5.32 Å². The number of rotatable bonds is 2. The Morgan fingerprint density at radius 3 is 2.47 bits per heavy atom. The minimum Gasteiger partial charge on any atom is -0.394 e. The van der Waals surface area contributed by atoms with E-state index in [2.05, 4.69) is 5.32 Å². The SMILES string of the molecule is CC(=O)NC1C(O)[C@@H](O)C(CO)O[C@H]1C. The Kier molecular flexibility index (Phi) is 4.04. The van der Waals surface area contributed by atoms with Crippen molar-refractivity contribution in [2.45, 2.75) is 44.3 Å². The molecule has 6 nitrogen and oxygen atoms in total. The molecule has 1 aliphatic rings. The molecule has 6 heteroatoms. The Morgan fingerprint density at radius 2 is 2.00 bits per heavy atom. The van der Waals surface area contributed by atoms with E-state index in [9.17, 15) is 15.0 Å². The van der Waals surface area contributed by atoms with E-state index in [4.69, 9.17) is 9.84 Å². The van der Waals surface area contributed by atoms with Crippen LogP contribution in [0.25, 0.3) is 0 Å². The van der Waals surface area contributed by atoms with E-state index in [1.807, 2.05) is 0 Å². The maximum atomic E-state index is 10.9. The van der Waals surface area contributed by atoms with Gasteiger partial charge in [-0.2, -0.15) is 0 Å². The molecule has 0 bridgehead atoms. The molecule has 3 unspecified atom stereocenters. The fraction of sp³-hybridized carbons (Fsp3) is 0.889. The van der Waals surface area contributed by atoms with Gasteiger partial charge in [0, 0.05) is 6.92 Å². The van der Waals surface area contributed by atoms with Crippen LogP contribution in [0.1, 0.15) is 13.8 Å². The summed E-state index contributed by atoms with van der Waals surface area (Å²) in [5.74, 6) is -0.302. The number of nitrogens with one attached hydrogen (secondary N) is 1. The van der Waals surface area contributed by atoms with E-state index in [0.717, 1.165) is 0 Å². The van der Waals surface area contributed by atoms with Gasteiger partial charge in [-0.1, -0.05) is 0 Å². The van der Waals surface area contributed by atoms with Crippen LogP contribution in [-0.2, 0) is 9.53 Å². The first-order valence-electron chi connectivity index (χ1n) is 4.87. The summed E-state index contributed by atoms with van der Waals surface area (Å²) in [4.78, 5) is 10.9. The summed E-state index contributed by atoms with van der Waals surface area (Å²) in [7, 11) is 0. The first-order chi connectivity index (χ1) is 6.97. The fourth-order valence-electron chi connectivity index (χ4n) is 1.74. The lowest BCUT2D eigenvalue weighted by molar-refractivity contribution is -0.190. The van der Waals surface area contributed by atoms with Gasteiger partial charge in [-0.25, -0.2) is 0 Å². The number of hydrogen-bond acceptors (Lipinski definition) is 5. The fourth-order valence-corrected chi connectivity index (χ4v) is 1.74. The van der Waals surface area contributed by atoms with Crippen LogP contribution in [0.5, 0.6) is 0 Å². The lowest BCUT2D eigenvalue weighted by Crippen LogP contribution is -2.63. The Hall–Kier alpha value is -0.690. The van der Waals surface area contributed by atoms with E-state index in [0.29, 0.717) is 0 Å². The average Bonchev–Trinajstić information content (AvgIpc) is 2.18. The van der Waals surface area contributed by atoms with Gasteiger partial charge in [0.15, 0.2) is 0 Å². The number of aliphatic hydroxyl groups excluding tert-OH is 3. The van der Waals surface area contributed by atoms with Crippen LogP contribution in [0.4, 0.5) is 0 Å². The summed E-state index contributed by atoms with van der Waals surface area (Å²) in [6.07, 6.45) is -3.58. The van der Waals surface area contributed by atoms with Gasteiger partial charge in [-0.05, 0) is 6.92 Å². The highest BCUT2D eigenvalue weighted by molar-refractivity contribution is 5.73. The number of amides is 1. The maximum absolute atomic E-state index is 10.9. The van der Waals surface area contributed by atoms with Crippen molar-refractivity contribution < 1.29 is 24.9 Å². The smallest absolute Gasteiger partial charge is 0.217 e. The van der Waals surface area contributed by atoms with Crippen molar-refractivity contribution in [2.75, 3.05) is 6.61 Å². The summed E-state index contributed by atoms with van der Waals surface area (Å²) in [5, 5.41) is 30.6. The Bertz CT molecular complexity index is 235. The van der Waals surface area contributed by atoms with Gasteiger partial charge in [-0.15, -0.1) is 0 Å². The van der Waals surface area contributed by atoms with Crippen LogP contribution >= 0.6 is 0 Å². The molecule has 15 heavy (non-hydrogen) atoms. The quantitative estimate of drug-likeness (QED) is 0.430. The van der Waals surface area contributed by atoms with Gasteiger partial charge in [0.25, 0.3) is 0 Å². The average molecular weight is 219 g/mol. The largest absolute Gasteiger partial charge is 0.394 e. The second kappa shape index (κ2) is 4.89. The topological polar surface area (TPSA) is 99.0 Å². The van der Waals surface area contributed by atoms with Crippen molar-refractivity contribution in [1.29, 1.82) is 0 Å². The first-order valence-corrected chi connectivity index (χ1v) is 4.87. The van der Waals surface area contributed by atoms with Crippen LogP contribution in [0, 0.1) is 0 Å². The van der Waals surface area contributed by atoms with Crippen molar-refractivity contribution in [2.24, 2.45) is 0 Å². The van der Waals surface area contributed by atoms with Crippen LogP contribution in [-0.4, -0.2) is 58.3 Å². The number of aliphatic hydroxyl groups is 3. The van der Waals surface area contributed by atoms with Crippen LogP contribution < -0.4 is 5.32 Å². The molecule has 88 valence electrons. The van der Waals surface area contributed by atoms with Gasteiger partial charge < -0.3 is 25.4 Å². The van der Waals surface area contributed by atoms with Gasteiger partial charge in [-0.3, -0.25) is 4.79 Å². The molecule has 0 aromatic carbocycles. The Labute approximate surface area is 87.9 Å². The van der Waals surface area contributed by atoms with E-state index in [-0.39, 0.29) is 12.5 Å². The molecule has 1 amide bonds. The molecule has 1 aliphatic heterocycles. The summed E-state index contributed by atoms with van der Waals surface area (Å²) in [6.45, 7) is 2.62. The standard InChI is InChI=1S/C9H17NO5/c1-4-7(10-5(2)12)9(14)8(13)6(3-11)15-4/h4,6-9,11,13-14H,3H2,1-2H3,(H,10,12)/t4-,6?,7?,8-,9?/m0/s1. The van der Waals surface area contributed by atoms with Crippen molar-refractivity contribution in [3.63, 3.8) is 0 Å². The Balaban J connectivity index is 2.70. The van der Waals surface area contributed by atoms with E-state index < -0.39 is 30.5 Å². The van der Waals surface area contributed by atoms with Crippen LogP contribution in [0.15, 0.2) is 0 Å². The second-order valence-corrected chi connectivity index (χ2v) is 3.77. The zero-order valence-electron chi connectivity index (χ0n) is 8.75. The predicted molar refractivity (Wildman–Crippen MR) is 51.0 cm³/mol. The molecule has 0 radical (unpaired) electrons. The predicted octanol–water partition coefficient (Wildman–Crippen LogP) is -2.01. The molecule has 5 atom stereocenters. The molecular weight excluding hydrogens is 202 g/mol. The number of carbonyl (C=O) groups excluding carboxylic acids is 1. The molecule has 0 spiro atoms. The lowest BCUT2D eigenvalue weighted by atomic mass is 9.93. The van der Waals surface area contributed by atoms with Gasteiger partial charge in [0.2, 0.25) is 5.91 Å². The molecule has 0 aromatic rings. The van der Waals surface area contributed by atoms with Crippen LogP contribution in [0.3, 0.4) is 0 Å². The second-order valence-electron chi connectivity index (χ2n) is 3.77. The van der Waals surface area contributed by atoms with E-state index >= 15 is 0 Å². The first kappa shape index (κ1) is 12.4. The maximum Gasteiger partial charge on any atom is 0.217 e. The molecular formula is C9H17NO5. The molecule has 0 saturated carbocycles. The minimum absolute atomic E-state index is 0.302. The third-order valence-corrected chi connectivity index (χ3v) is 2.54. The Morgan fingerprint density at radius 1 is 1.40 bits per heavy atom. The third-order valence-electron chi connectivity index (χ3n) is 2.54. The molecule has 1 saturated heterocycles. The highest BCUT2D eigenvalue weighted by Gasteiger charge is 2.42. The minimum atomic E-state index is -1.19. The van der Waals surface area contributed by atoms with Crippen molar-refractivity contribution in [3.05, 3.63) is 0 Å². The zero-order valence-corrected chi connectivity index (χ0v) is 8.75. The molecule has 4 N–H and O–H groups in total. The van der Waals surface area contributed by atoms with Gasteiger partial charge in [0.05, 0.1) is 18.8 Å². The molecule has 1 rings (SSSR count). The zero-order chi connectivity index (χ0) is 11.6. The highest BCUT2D eigenvalue weighted by Crippen LogP contribution is 2.20. The molecule has 0 aliphatic carbocycles. The number of hydrogen-bond donors (Lipinski definition) is 4. The van der Waals surface area contributed by atoms with Crippen molar-refractivity contribution in [3.8, 4) is 0 Å². The lowest BCUT2D eigenvalue weighted by Gasteiger charge is -2.41. The third kappa shape index (κ3) is 2.66. The number of ether oxygens (including phenoxy) is 1. The van der Waals surface area contributed by atoms with E-state index in [1.165, 1.54) is 6.92 Å². The summed E-state index contributed by atoms with van der Waals surface area (Å²) in [6, 6.07) is -0.653.